The topological polar surface area (TPSA) is 133 Å². The van der Waals surface area contributed by atoms with Crippen molar-refractivity contribution in [2.24, 2.45) is 10.7 Å². The second-order valence-corrected chi connectivity index (χ2v) is 6.03. The maximum Gasteiger partial charge on any atom is 0.278 e. The van der Waals surface area contributed by atoms with Gasteiger partial charge in [-0.05, 0) is 31.5 Å². The zero-order chi connectivity index (χ0) is 20.1. The number of pyridine rings is 1. The van der Waals surface area contributed by atoms with Crippen LogP contribution in [0.4, 0.5) is 5.95 Å². The normalized spacial score (nSPS) is 12.4. The summed E-state index contributed by atoms with van der Waals surface area (Å²) in [4.78, 5) is 28.5. The third-order valence-electron chi connectivity index (χ3n) is 4.04. The van der Waals surface area contributed by atoms with Crippen LogP contribution in [-0.4, -0.2) is 26.6 Å². The highest BCUT2D eigenvalue weighted by Crippen LogP contribution is 2.17. The molecule has 8 heteroatoms. The minimum Gasteiger partial charge on any atom is -0.400 e. The number of nitrogens with two attached hydrogens (primary N) is 1. The first-order valence-corrected chi connectivity index (χ1v) is 8.68. The summed E-state index contributed by atoms with van der Waals surface area (Å²) in [7, 11) is 0. The molecule has 28 heavy (non-hydrogen) atoms. The number of anilines is 1. The van der Waals surface area contributed by atoms with Crippen LogP contribution in [-0.2, 0) is 4.79 Å². The fraction of sp³-hybridized carbons (Fsp3) is 0.150. The van der Waals surface area contributed by atoms with Crippen LogP contribution in [0.1, 0.15) is 31.4 Å². The first kappa shape index (κ1) is 18.8. The average Bonchev–Trinajstić information content (AvgIpc) is 3.10. The van der Waals surface area contributed by atoms with Gasteiger partial charge < -0.3 is 10.7 Å². The fourth-order valence-electron chi connectivity index (χ4n) is 2.70. The number of hydrogen-bond acceptors (Lipinski definition) is 6. The molecular weight excluding hydrogens is 354 g/mol. The second-order valence-electron chi connectivity index (χ2n) is 6.03. The molecule has 0 unspecified atom stereocenters. The molecule has 8 nitrogen and oxygen atoms in total. The van der Waals surface area contributed by atoms with Crippen LogP contribution in [0, 0.1) is 11.3 Å². The number of benzene rings is 1. The molecule has 0 aliphatic rings. The zero-order valence-electron chi connectivity index (χ0n) is 15.5. The molecular formula is C20H19N7O. The Labute approximate surface area is 161 Å². The van der Waals surface area contributed by atoms with E-state index in [9.17, 15) is 10.1 Å². The van der Waals surface area contributed by atoms with Gasteiger partial charge in [-0.1, -0.05) is 19.1 Å². The molecule has 0 saturated heterocycles. The van der Waals surface area contributed by atoms with E-state index >= 15 is 0 Å². The highest BCUT2D eigenvalue weighted by Gasteiger charge is 2.16. The van der Waals surface area contributed by atoms with E-state index in [1.165, 1.54) is 6.20 Å². The van der Waals surface area contributed by atoms with Crippen LogP contribution in [0.25, 0.3) is 11.0 Å². The van der Waals surface area contributed by atoms with Gasteiger partial charge in [-0.2, -0.15) is 5.26 Å². The van der Waals surface area contributed by atoms with E-state index < -0.39 is 5.91 Å². The van der Waals surface area contributed by atoms with Crippen molar-refractivity contribution in [2.75, 3.05) is 5.32 Å². The predicted octanol–water partition coefficient (Wildman–Crippen LogP) is 2.86. The number of allylic oxidation sites excluding steroid dienone is 1. The molecule has 0 spiro atoms. The summed E-state index contributed by atoms with van der Waals surface area (Å²) >= 11 is 0. The van der Waals surface area contributed by atoms with Gasteiger partial charge >= 0.3 is 0 Å². The SMILES string of the molecule is CC/C(=N\C(C(=O)Nc1nc2ccccc2[nH]1)=C(/C)N)c1ccncc1C#N. The summed E-state index contributed by atoms with van der Waals surface area (Å²) in [6.45, 7) is 3.49. The molecule has 0 bridgehead atoms. The van der Waals surface area contributed by atoms with Crippen molar-refractivity contribution < 1.29 is 4.79 Å². The van der Waals surface area contributed by atoms with Crippen LogP contribution >= 0.6 is 0 Å². The maximum absolute atomic E-state index is 12.8. The van der Waals surface area contributed by atoms with E-state index in [0.717, 1.165) is 11.0 Å². The summed E-state index contributed by atoms with van der Waals surface area (Å²) < 4.78 is 0. The molecule has 0 aliphatic heterocycles. The van der Waals surface area contributed by atoms with Crippen molar-refractivity contribution in [3.05, 3.63) is 65.2 Å². The van der Waals surface area contributed by atoms with E-state index in [2.05, 4.69) is 31.3 Å². The zero-order valence-corrected chi connectivity index (χ0v) is 15.5. The summed E-state index contributed by atoms with van der Waals surface area (Å²) in [5, 5.41) is 12.0. The Bertz CT molecular complexity index is 1100. The van der Waals surface area contributed by atoms with Crippen LogP contribution in [0.5, 0.6) is 0 Å². The van der Waals surface area contributed by atoms with Crippen LogP contribution in [0.3, 0.4) is 0 Å². The lowest BCUT2D eigenvalue weighted by Gasteiger charge is -2.09. The number of nitrogens with one attached hydrogen (secondary N) is 2. The monoisotopic (exact) mass is 373 g/mol. The molecule has 0 radical (unpaired) electrons. The van der Waals surface area contributed by atoms with Crippen molar-refractivity contribution in [3.63, 3.8) is 0 Å². The van der Waals surface area contributed by atoms with Crippen LogP contribution in [0.2, 0.25) is 0 Å². The predicted molar refractivity (Wildman–Crippen MR) is 107 cm³/mol. The smallest absolute Gasteiger partial charge is 0.278 e. The van der Waals surface area contributed by atoms with Gasteiger partial charge in [0.25, 0.3) is 5.91 Å². The Balaban J connectivity index is 1.94. The van der Waals surface area contributed by atoms with Gasteiger partial charge in [-0.25, -0.2) is 9.98 Å². The number of H-pyrrole nitrogens is 1. The lowest BCUT2D eigenvalue weighted by molar-refractivity contribution is -0.113. The standard InChI is InChI=1S/C20H19N7O/c1-3-15(14-8-9-23-11-13(14)10-21)24-18(12(2)22)19(28)27-20-25-16-6-4-5-7-17(16)26-20/h4-9,11H,3,22H2,1-2H3,(H2,25,26,27,28)/b18-12+,24-15+. The number of aromatic amines is 1. The van der Waals surface area contributed by atoms with Crippen molar-refractivity contribution in [1.82, 2.24) is 15.0 Å². The summed E-state index contributed by atoms with van der Waals surface area (Å²) in [6.07, 6.45) is 3.55. The molecule has 140 valence electrons. The molecule has 3 rings (SSSR count). The largest absolute Gasteiger partial charge is 0.400 e. The van der Waals surface area contributed by atoms with E-state index in [1.807, 2.05) is 31.2 Å². The lowest BCUT2D eigenvalue weighted by atomic mass is 10.0. The molecule has 0 saturated carbocycles. The number of aliphatic imine (C=N–C) groups is 1. The molecule has 0 atom stereocenters. The molecule has 2 heterocycles. The van der Waals surface area contributed by atoms with Crippen LogP contribution < -0.4 is 11.1 Å². The third kappa shape index (κ3) is 3.88. The van der Waals surface area contributed by atoms with E-state index in [4.69, 9.17) is 5.73 Å². The number of aromatic nitrogens is 3. The number of fused-ring (bicyclic) bond motifs is 1. The van der Waals surface area contributed by atoms with Crippen molar-refractivity contribution in [1.29, 1.82) is 5.26 Å². The number of amides is 1. The van der Waals surface area contributed by atoms with Gasteiger partial charge in [0, 0.05) is 29.4 Å². The first-order chi connectivity index (χ1) is 13.5. The number of para-hydroxylation sites is 2. The maximum atomic E-state index is 12.8. The van der Waals surface area contributed by atoms with Gasteiger partial charge in [0.2, 0.25) is 5.95 Å². The molecule has 4 N–H and O–H groups in total. The summed E-state index contributed by atoms with van der Waals surface area (Å²) in [5.41, 5.74) is 9.36. The molecule has 3 aromatic rings. The highest BCUT2D eigenvalue weighted by molar-refractivity contribution is 6.09. The number of carbonyl (C=O) groups is 1. The van der Waals surface area contributed by atoms with E-state index in [-0.39, 0.29) is 11.4 Å². The van der Waals surface area contributed by atoms with Gasteiger partial charge in [-0.3, -0.25) is 15.1 Å². The summed E-state index contributed by atoms with van der Waals surface area (Å²) in [5.74, 6) is -0.183. The minimum atomic E-state index is -0.488. The number of carbonyl (C=O) groups excluding carboxylic acids is 1. The minimum absolute atomic E-state index is 0.0676. The van der Waals surface area contributed by atoms with Gasteiger partial charge in [0.1, 0.15) is 11.8 Å². The quantitative estimate of drug-likeness (QED) is 0.467. The van der Waals surface area contributed by atoms with Crippen molar-refractivity contribution in [3.8, 4) is 6.07 Å². The number of nitriles is 1. The molecule has 1 amide bonds. The molecule has 1 aromatic carbocycles. The lowest BCUT2D eigenvalue weighted by Crippen LogP contribution is -2.19. The number of nitrogens with zero attached hydrogens (tertiary/aromatic N) is 4. The Morgan fingerprint density at radius 2 is 2.14 bits per heavy atom. The average molecular weight is 373 g/mol. The van der Waals surface area contributed by atoms with Gasteiger partial charge in [0.05, 0.1) is 16.6 Å². The Morgan fingerprint density at radius 3 is 2.82 bits per heavy atom. The van der Waals surface area contributed by atoms with E-state index in [1.54, 1.807) is 19.2 Å². The van der Waals surface area contributed by atoms with Crippen molar-refractivity contribution >= 4 is 28.6 Å². The molecule has 0 fully saturated rings. The number of imidazole rings is 1. The Kier molecular flexibility index (Phi) is 5.46. The first-order valence-electron chi connectivity index (χ1n) is 8.68. The number of hydrogen-bond donors (Lipinski definition) is 3. The fourth-order valence-corrected chi connectivity index (χ4v) is 2.70. The third-order valence-corrected chi connectivity index (χ3v) is 4.04. The van der Waals surface area contributed by atoms with Gasteiger partial charge in [-0.15, -0.1) is 0 Å². The van der Waals surface area contributed by atoms with Crippen LogP contribution in [0.15, 0.2) is 59.1 Å². The van der Waals surface area contributed by atoms with Gasteiger partial charge in [0.15, 0.2) is 0 Å². The summed E-state index contributed by atoms with van der Waals surface area (Å²) in [6, 6.07) is 11.2. The molecule has 2 aromatic heterocycles. The highest BCUT2D eigenvalue weighted by atomic mass is 16.2. The van der Waals surface area contributed by atoms with E-state index in [0.29, 0.717) is 29.2 Å². The molecule has 0 aliphatic carbocycles. The van der Waals surface area contributed by atoms with Crippen molar-refractivity contribution in [2.45, 2.75) is 20.3 Å². The second kappa shape index (κ2) is 8.14. The Hall–Kier alpha value is -3.99. The number of rotatable bonds is 5. The Morgan fingerprint density at radius 1 is 1.36 bits per heavy atom.